The van der Waals surface area contributed by atoms with E-state index < -0.39 is 30.9 Å². The first-order chi connectivity index (χ1) is 8.45. The molecule has 1 aromatic heterocycles. The van der Waals surface area contributed by atoms with Crippen LogP contribution in [0, 0.1) is 0 Å². The largest absolute Gasteiger partial charge is 0.480 e. The number of aliphatic carboxylic acids is 1. The highest BCUT2D eigenvalue weighted by Crippen LogP contribution is 2.07. The summed E-state index contributed by atoms with van der Waals surface area (Å²) < 4.78 is 25.6. The minimum atomic E-state index is -2.58. The van der Waals surface area contributed by atoms with Gasteiger partial charge in [0.05, 0.1) is 6.54 Å². The van der Waals surface area contributed by atoms with Gasteiger partial charge in [0.1, 0.15) is 11.7 Å². The van der Waals surface area contributed by atoms with Crippen LogP contribution in [0.15, 0.2) is 18.3 Å². The maximum atomic E-state index is 12.3. The predicted molar refractivity (Wildman–Crippen MR) is 59.6 cm³/mol. The number of carbonyl (C=O) groups is 2. The Labute approximate surface area is 102 Å². The van der Waals surface area contributed by atoms with Crippen LogP contribution in [-0.2, 0) is 11.3 Å². The highest BCUT2D eigenvalue weighted by molar-refractivity contribution is 5.95. The number of nitrogens with one attached hydrogen (secondary N) is 1. The number of carboxylic acids is 1. The lowest BCUT2D eigenvalue weighted by molar-refractivity contribution is -0.139. The van der Waals surface area contributed by atoms with Crippen molar-refractivity contribution in [1.82, 2.24) is 9.88 Å². The minimum Gasteiger partial charge on any atom is -0.480 e. The maximum absolute atomic E-state index is 12.3. The first-order valence-electron chi connectivity index (χ1n) is 5.42. The molecule has 1 heterocycles. The van der Waals surface area contributed by atoms with E-state index in [1.54, 1.807) is 6.92 Å². The van der Waals surface area contributed by atoms with Crippen molar-refractivity contribution < 1.29 is 23.5 Å². The second-order valence-electron chi connectivity index (χ2n) is 3.71. The Hall–Kier alpha value is -1.92. The molecule has 0 bridgehead atoms. The van der Waals surface area contributed by atoms with Crippen LogP contribution in [-0.4, -0.2) is 34.0 Å². The standard InChI is InChI=1S/C11H14F2N2O3/c1-2-7(11(17)18)14-10(16)8-4-3-5-15(8)6-9(12)13/h3-5,7,9H,2,6H2,1H3,(H,14,16)(H,17,18). The molecule has 1 aromatic rings. The average Bonchev–Trinajstić information content (AvgIpc) is 2.72. The normalized spacial score (nSPS) is 12.4. The topological polar surface area (TPSA) is 71.3 Å². The second-order valence-corrected chi connectivity index (χ2v) is 3.71. The summed E-state index contributed by atoms with van der Waals surface area (Å²) >= 11 is 0. The number of halogens is 2. The summed E-state index contributed by atoms with van der Waals surface area (Å²) in [5.41, 5.74) is 0.0231. The SMILES string of the molecule is CCC(NC(=O)c1cccn1CC(F)F)C(=O)O. The molecule has 0 radical (unpaired) electrons. The molecule has 0 saturated carbocycles. The smallest absolute Gasteiger partial charge is 0.326 e. The Morgan fingerprint density at radius 2 is 2.17 bits per heavy atom. The molecular weight excluding hydrogens is 246 g/mol. The fourth-order valence-corrected chi connectivity index (χ4v) is 1.50. The monoisotopic (exact) mass is 260 g/mol. The summed E-state index contributed by atoms with van der Waals surface area (Å²) in [6.07, 6.45) is -1.01. The van der Waals surface area contributed by atoms with Crippen molar-refractivity contribution >= 4 is 11.9 Å². The Bertz CT molecular complexity index is 432. The van der Waals surface area contributed by atoms with Gasteiger partial charge in [-0.3, -0.25) is 4.79 Å². The number of nitrogens with zero attached hydrogens (tertiary/aromatic N) is 1. The van der Waals surface area contributed by atoms with E-state index in [1.165, 1.54) is 18.3 Å². The van der Waals surface area contributed by atoms with Crippen LogP contribution in [0.5, 0.6) is 0 Å². The van der Waals surface area contributed by atoms with E-state index in [1.807, 2.05) is 0 Å². The van der Waals surface area contributed by atoms with Gasteiger partial charge < -0.3 is 15.0 Å². The molecule has 1 atom stereocenters. The number of amides is 1. The zero-order valence-corrected chi connectivity index (χ0v) is 9.77. The van der Waals surface area contributed by atoms with Gasteiger partial charge in [0.25, 0.3) is 12.3 Å². The minimum absolute atomic E-state index is 0.0231. The van der Waals surface area contributed by atoms with E-state index in [0.717, 1.165) is 4.57 Å². The number of aromatic nitrogens is 1. The third-order valence-electron chi connectivity index (χ3n) is 2.41. The van der Waals surface area contributed by atoms with Crippen molar-refractivity contribution in [3.8, 4) is 0 Å². The number of alkyl halides is 2. The zero-order valence-electron chi connectivity index (χ0n) is 9.77. The van der Waals surface area contributed by atoms with Crippen LogP contribution >= 0.6 is 0 Å². The lowest BCUT2D eigenvalue weighted by Gasteiger charge is -2.13. The van der Waals surface area contributed by atoms with Crippen LogP contribution in [0.4, 0.5) is 8.78 Å². The van der Waals surface area contributed by atoms with E-state index in [9.17, 15) is 18.4 Å². The summed E-state index contributed by atoms with van der Waals surface area (Å²) in [6, 6.07) is 1.80. The molecule has 100 valence electrons. The van der Waals surface area contributed by atoms with Crippen molar-refractivity contribution in [2.45, 2.75) is 32.4 Å². The van der Waals surface area contributed by atoms with E-state index in [0.29, 0.717) is 0 Å². The molecule has 0 aliphatic heterocycles. The lowest BCUT2D eigenvalue weighted by atomic mass is 10.2. The van der Waals surface area contributed by atoms with Crippen molar-refractivity contribution in [3.63, 3.8) is 0 Å². The Kier molecular flexibility index (Phi) is 4.82. The summed E-state index contributed by atoms with van der Waals surface area (Å²) in [5.74, 6) is -1.83. The molecule has 2 N–H and O–H groups in total. The molecule has 1 amide bonds. The van der Waals surface area contributed by atoms with E-state index in [-0.39, 0.29) is 12.1 Å². The molecule has 0 aromatic carbocycles. The first-order valence-corrected chi connectivity index (χ1v) is 5.42. The van der Waals surface area contributed by atoms with Gasteiger partial charge in [0.2, 0.25) is 0 Å². The number of hydrogen-bond acceptors (Lipinski definition) is 2. The summed E-state index contributed by atoms with van der Waals surface area (Å²) in [7, 11) is 0. The number of carboxylic acid groups (broad SMARTS) is 1. The van der Waals surface area contributed by atoms with Gasteiger partial charge in [-0.2, -0.15) is 0 Å². The fraction of sp³-hybridized carbons (Fsp3) is 0.455. The van der Waals surface area contributed by atoms with Crippen LogP contribution in [0.3, 0.4) is 0 Å². The number of hydrogen-bond donors (Lipinski definition) is 2. The highest BCUT2D eigenvalue weighted by Gasteiger charge is 2.20. The quantitative estimate of drug-likeness (QED) is 0.811. The van der Waals surface area contributed by atoms with Crippen molar-refractivity contribution in [1.29, 1.82) is 0 Å². The maximum Gasteiger partial charge on any atom is 0.326 e. The molecule has 18 heavy (non-hydrogen) atoms. The molecule has 7 heteroatoms. The van der Waals surface area contributed by atoms with E-state index >= 15 is 0 Å². The molecule has 1 unspecified atom stereocenters. The van der Waals surface area contributed by atoms with Crippen molar-refractivity contribution in [3.05, 3.63) is 24.0 Å². The van der Waals surface area contributed by atoms with Crippen LogP contribution in [0.1, 0.15) is 23.8 Å². The molecule has 0 saturated heterocycles. The number of carbonyl (C=O) groups excluding carboxylic acids is 1. The fourth-order valence-electron chi connectivity index (χ4n) is 1.50. The third kappa shape index (κ3) is 3.54. The third-order valence-corrected chi connectivity index (χ3v) is 2.41. The average molecular weight is 260 g/mol. The van der Waals surface area contributed by atoms with Crippen molar-refractivity contribution in [2.24, 2.45) is 0 Å². The lowest BCUT2D eigenvalue weighted by Crippen LogP contribution is -2.41. The van der Waals surface area contributed by atoms with Gasteiger partial charge in [-0.25, -0.2) is 13.6 Å². The van der Waals surface area contributed by atoms with Gasteiger partial charge in [-0.15, -0.1) is 0 Å². The Balaban J connectivity index is 2.78. The first kappa shape index (κ1) is 14.1. The molecular formula is C11H14F2N2O3. The summed E-state index contributed by atoms with van der Waals surface area (Å²) in [5, 5.41) is 11.1. The Morgan fingerprint density at radius 3 is 2.67 bits per heavy atom. The summed E-state index contributed by atoms with van der Waals surface area (Å²) in [4.78, 5) is 22.5. The molecule has 1 rings (SSSR count). The van der Waals surface area contributed by atoms with Crippen LogP contribution < -0.4 is 5.32 Å². The van der Waals surface area contributed by atoms with E-state index in [2.05, 4.69) is 5.32 Å². The van der Waals surface area contributed by atoms with E-state index in [4.69, 9.17) is 5.11 Å². The zero-order chi connectivity index (χ0) is 13.7. The van der Waals surface area contributed by atoms with Gasteiger partial charge in [0, 0.05) is 6.20 Å². The van der Waals surface area contributed by atoms with Gasteiger partial charge >= 0.3 is 5.97 Å². The van der Waals surface area contributed by atoms with Gasteiger partial charge in [0.15, 0.2) is 0 Å². The molecule has 5 nitrogen and oxygen atoms in total. The molecule has 0 aliphatic rings. The molecule has 0 fully saturated rings. The highest BCUT2D eigenvalue weighted by atomic mass is 19.3. The van der Waals surface area contributed by atoms with Crippen LogP contribution in [0.2, 0.25) is 0 Å². The molecule has 0 spiro atoms. The molecule has 0 aliphatic carbocycles. The van der Waals surface area contributed by atoms with Crippen molar-refractivity contribution in [2.75, 3.05) is 0 Å². The second kappa shape index (κ2) is 6.13. The predicted octanol–water partition coefficient (Wildman–Crippen LogP) is 1.35. The van der Waals surface area contributed by atoms with Crippen LogP contribution in [0.25, 0.3) is 0 Å². The Morgan fingerprint density at radius 1 is 1.50 bits per heavy atom. The van der Waals surface area contributed by atoms with Gasteiger partial charge in [-0.1, -0.05) is 6.92 Å². The summed E-state index contributed by atoms with van der Waals surface area (Å²) in [6.45, 7) is 1.01. The van der Waals surface area contributed by atoms with Gasteiger partial charge in [-0.05, 0) is 18.6 Å². The number of rotatable bonds is 6.